The second kappa shape index (κ2) is 6.08. The van der Waals surface area contributed by atoms with Crippen molar-refractivity contribution >= 4 is 8.32 Å². The summed E-state index contributed by atoms with van der Waals surface area (Å²) in [6.07, 6.45) is 1.69. The Balaban J connectivity index is 2.04. The van der Waals surface area contributed by atoms with Crippen LogP contribution in [0, 0.1) is 0 Å². The fraction of sp³-hybridized carbons (Fsp3) is 0.412. The Morgan fingerprint density at radius 2 is 1.71 bits per heavy atom. The van der Waals surface area contributed by atoms with Gasteiger partial charge in [0.2, 0.25) is 0 Å². The van der Waals surface area contributed by atoms with Crippen LogP contribution in [0.1, 0.15) is 26.3 Å². The molecule has 4 heteroatoms. The molecule has 0 saturated carbocycles. The maximum atomic E-state index is 6.24. The number of rotatable bonds is 4. The molecule has 0 aliphatic carbocycles. The van der Waals surface area contributed by atoms with E-state index < -0.39 is 8.32 Å². The zero-order valence-corrected chi connectivity index (χ0v) is 14.6. The minimum atomic E-state index is -1.69. The highest BCUT2D eigenvalue weighted by molar-refractivity contribution is 6.74. The monoisotopic (exact) mass is 300 g/mol. The third kappa shape index (κ3) is 3.99. The average Bonchev–Trinajstić information content (AvgIpc) is 2.45. The van der Waals surface area contributed by atoms with E-state index in [4.69, 9.17) is 4.43 Å². The van der Waals surface area contributed by atoms with E-state index in [0.717, 1.165) is 11.3 Å². The van der Waals surface area contributed by atoms with Crippen molar-refractivity contribution < 1.29 is 4.43 Å². The first-order valence-corrected chi connectivity index (χ1v) is 10.2. The number of benzene rings is 1. The van der Waals surface area contributed by atoms with Crippen molar-refractivity contribution in [2.45, 2.75) is 45.5 Å². The lowest BCUT2D eigenvalue weighted by Crippen LogP contribution is -2.40. The fourth-order valence-corrected chi connectivity index (χ4v) is 2.67. The Hall–Kier alpha value is -1.52. The molecule has 2 rings (SSSR count). The van der Waals surface area contributed by atoms with Gasteiger partial charge in [-0.25, -0.2) is 0 Å². The summed E-state index contributed by atoms with van der Waals surface area (Å²) in [6, 6.07) is 12.2. The molecule has 0 fully saturated rings. The zero-order valence-electron chi connectivity index (χ0n) is 13.6. The molecule has 3 nitrogen and oxygen atoms in total. The van der Waals surface area contributed by atoms with Gasteiger partial charge in [0.1, 0.15) is 0 Å². The van der Waals surface area contributed by atoms with Crippen molar-refractivity contribution in [1.29, 1.82) is 0 Å². The lowest BCUT2D eigenvalue weighted by atomic mass is 10.1. The normalized spacial score (nSPS) is 12.4. The van der Waals surface area contributed by atoms with Crippen molar-refractivity contribution in [1.82, 2.24) is 10.2 Å². The van der Waals surface area contributed by atoms with Crippen LogP contribution in [0.25, 0.3) is 11.3 Å². The second-order valence-corrected chi connectivity index (χ2v) is 11.7. The van der Waals surface area contributed by atoms with Crippen LogP contribution in [0.15, 0.2) is 42.6 Å². The van der Waals surface area contributed by atoms with Crippen LogP contribution in [0.5, 0.6) is 0 Å². The summed E-state index contributed by atoms with van der Waals surface area (Å²) in [4.78, 5) is 0. The first-order valence-electron chi connectivity index (χ1n) is 7.30. The molecular formula is C17H24N2OSi. The molecule has 21 heavy (non-hydrogen) atoms. The summed E-state index contributed by atoms with van der Waals surface area (Å²) in [7, 11) is -1.69. The van der Waals surface area contributed by atoms with E-state index in [9.17, 15) is 0 Å². The minimum Gasteiger partial charge on any atom is -0.413 e. The van der Waals surface area contributed by atoms with Gasteiger partial charge in [0.25, 0.3) is 0 Å². The Morgan fingerprint density at radius 3 is 2.24 bits per heavy atom. The van der Waals surface area contributed by atoms with Crippen molar-refractivity contribution in [3.05, 3.63) is 48.2 Å². The molecule has 0 unspecified atom stereocenters. The fourth-order valence-electron chi connectivity index (χ4n) is 1.71. The summed E-state index contributed by atoms with van der Waals surface area (Å²) in [5.41, 5.74) is 3.18. The van der Waals surface area contributed by atoms with E-state index in [2.05, 4.69) is 68.3 Å². The Morgan fingerprint density at radius 1 is 1.05 bits per heavy atom. The van der Waals surface area contributed by atoms with Crippen LogP contribution in [-0.4, -0.2) is 18.5 Å². The molecule has 0 radical (unpaired) electrons. The quantitative estimate of drug-likeness (QED) is 0.770. The SMILES string of the molecule is CC(C)(C)[Si](C)(C)OCc1ccc(-c2cccnn2)cc1. The van der Waals surface area contributed by atoms with E-state index in [1.54, 1.807) is 6.20 Å². The van der Waals surface area contributed by atoms with Crippen molar-refractivity contribution in [2.75, 3.05) is 0 Å². The third-order valence-corrected chi connectivity index (χ3v) is 8.71. The van der Waals surface area contributed by atoms with Gasteiger partial charge in [0, 0.05) is 11.8 Å². The van der Waals surface area contributed by atoms with Crippen LogP contribution in [0.3, 0.4) is 0 Å². The van der Waals surface area contributed by atoms with Gasteiger partial charge >= 0.3 is 0 Å². The number of hydrogen-bond donors (Lipinski definition) is 0. The topological polar surface area (TPSA) is 35.0 Å². The average molecular weight is 300 g/mol. The molecular weight excluding hydrogens is 276 g/mol. The lowest BCUT2D eigenvalue weighted by molar-refractivity contribution is 0.276. The molecule has 112 valence electrons. The zero-order chi connectivity index (χ0) is 15.5. The molecule has 1 aromatic heterocycles. The Labute approximate surface area is 128 Å². The van der Waals surface area contributed by atoms with Gasteiger partial charge < -0.3 is 4.43 Å². The van der Waals surface area contributed by atoms with Gasteiger partial charge in [0.15, 0.2) is 8.32 Å². The second-order valence-electron chi connectivity index (χ2n) is 6.85. The number of aromatic nitrogens is 2. The first-order chi connectivity index (χ1) is 9.79. The van der Waals surface area contributed by atoms with Crippen molar-refractivity contribution in [3.63, 3.8) is 0 Å². The first kappa shape index (κ1) is 15.9. The van der Waals surface area contributed by atoms with Gasteiger partial charge in [-0.05, 0) is 35.8 Å². The molecule has 0 aliphatic heterocycles. The molecule has 0 aliphatic rings. The van der Waals surface area contributed by atoms with Gasteiger partial charge in [-0.2, -0.15) is 10.2 Å². The summed E-state index contributed by atoms with van der Waals surface area (Å²) in [5, 5.41) is 8.27. The van der Waals surface area contributed by atoms with Gasteiger partial charge in [-0.1, -0.05) is 45.0 Å². The highest BCUT2D eigenvalue weighted by Crippen LogP contribution is 2.37. The summed E-state index contributed by atoms with van der Waals surface area (Å²) in [5.74, 6) is 0. The summed E-state index contributed by atoms with van der Waals surface area (Å²) in [6.45, 7) is 12.0. The molecule has 0 atom stereocenters. The molecule has 2 aromatic rings. The number of nitrogens with zero attached hydrogens (tertiary/aromatic N) is 2. The highest BCUT2D eigenvalue weighted by atomic mass is 28.4. The Bertz CT molecular complexity index is 574. The van der Waals surface area contributed by atoms with Crippen LogP contribution < -0.4 is 0 Å². The van der Waals surface area contributed by atoms with Crippen LogP contribution in [0.2, 0.25) is 18.1 Å². The summed E-state index contributed by atoms with van der Waals surface area (Å²) < 4.78 is 6.24. The molecule has 0 amide bonds. The van der Waals surface area contributed by atoms with E-state index in [-0.39, 0.29) is 5.04 Å². The van der Waals surface area contributed by atoms with E-state index in [1.165, 1.54) is 5.56 Å². The molecule has 0 saturated heterocycles. The Kier molecular flexibility index (Phi) is 4.59. The molecule has 1 heterocycles. The summed E-state index contributed by atoms with van der Waals surface area (Å²) >= 11 is 0. The van der Waals surface area contributed by atoms with E-state index in [0.29, 0.717) is 6.61 Å². The molecule has 1 aromatic carbocycles. The van der Waals surface area contributed by atoms with E-state index >= 15 is 0 Å². The standard InChI is InChI=1S/C17H24N2OSi/c1-17(2,3)21(4,5)20-13-14-8-10-15(11-9-14)16-7-6-12-18-19-16/h6-12H,13H2,1-5H3. The number of hydrogen-bond acceptors (Lipinski definition) is 3. The van der Waals surface area contributed by atoms with E-state index in [1.807, 2.05) is 12.1 Å². The lowest BCUT2D eigenvalue weighted by Gasteiger charge is -2.36. The smallest absolute Gasteiger partial charge is 0.192 e. The van der Waals surface area contributed by atoms with Crippen molar-refractivity contribution in [3.8, 4) is 11.3 Å². The van der Waals surface area contributed by atoms with Crippen molar-refractivity contribution in [2.24, 2.45) is 0 Å². The van der Waals surface area contributed by atoms with Crippen LogP contribution >= 0.6 is 0 Å². The largest absolute Gasteiger partial charge is 0.413 e. The van der Waals surface area contributed by atoms with Crippen LogP contribution in [0.4, 0.5) is 0 Å². The predicted octanol–water partition coefficient (Wildman–Crippen LogP) is 4.67. The predicted molar refractivity (Wildman–Crippen MR) is 89.5 cm³/mol. The molecule has 0 N–H and O–H groups in total. The third-order valence-electron chi connectivity index (χ3n) is 4.23. The van der Waals surface area contributed by atoms with Gasteiger partial charge in [-0.3, -0.25) is 0 Å². The minimum absolute atomic E-state index is 0.243. The maximum Gasteiger partial charge on any atom is 0.192 e. The molecule has 0 bridgehead atoms. The molecule has 0 spiro atoms. The maximum absolute atomic E-state index is 6.24. The van der Waals surface area contributed by atoms with Gasteiger partial charge in [0.05, 0.1) is 12.3 Å². The van der Waals surface area contributed by atoms with Crippen LogP contribution in [-0.2, 0) is 11.0 Å². The highest BCUT2D eigenvalue weighted by Gasteiger charge is 2.36. The van der Waals surface area contributed by atoms with Gasteiger partial charge in [-0.15, -0.1) is 0 Å².